The van der Waals surface area contributed by atoms with Crippen molar-refractivity contribution >= 4 is 17.8 Å². The molecule has 0 aliphatic carbocycles. The normalized spacial score (nSPS) is 10.7. The Labute approximate surface area is 160 Å². The summed E-state index contributed by atoms with van der Waals surface area (Å²) in [6.45, 7) is 5.25. The van der Waals surface area contributed by atoms with Gasteiger partial charge in [0.1, 0.15) is 0 Å². The third kappa shape index (κ3) is 7.01. The Bertz CT molecular complexity index is 758. The van der Waals surface area contributed by atoms with E-state index in [9.17, 15) is 4.79 Å². The van der Waals surface area contributed by atoms with Crippen LogP contribution in [0.4, 0.5) is 5.69 Å². The maximum absolute atomic E-state index is 12.0. The number of benzene rings is 2. The lowest BCUT2D eigenvalue weighted by atomic mass is 10.1. The summed E-state index contributed by atoms with van der Waals surface area (Å²) in [5.41, 5.74) is 10.5. The average Bonchev–Trinajstić information content (AvgIpc) is 2.66. The van der Waals surface area contributed by atoms with E-state index in [-0.39, 0.29) is 12.3 Å². The van der Waals surface area contributed by atoms with E-state index < -0.39 is 0 Å². The fourth-order valence-electron chi connectivity index (χ4n) is 2.36. The molecule has 0 saturated carbocycles. The number of carbonyl (C=O) groups is 1. The number of hydrogen-bond acceptors (Lipinski definition) is 5. The molecule has 0 aliphatic rings. The van der Waals surface area contributed by atoms with E-state index in [2.05, 4.69) is 17.5 Å². The second kappa shape index (κ2) is 10.9. The number of nitrogens with two attached hydrogens (primary N) is 1. The number of nitrogen functional groups attached to an aromatic ring is 1. The van der Waals surface area contributed by atoms with Crippen molar-refractivity contribution in [2.45, 2.75) is 33.1 Å². The van der Waals surface area contributed by atoms with Crippen LogP contribution in [0.15, 0.2) is 47.6 Å². The van der Waals surface area contributed by atoms with E-state index in [1.807, 2.05) is 37.3 Å². The standard InChI is InChI=1S/C21H27N3O3/c1-3-5-12-27-19-11-8-17(13-20(19)26-4-2)15-23-24-21(25)14-16-6-9-18(22)10-7-16/h6-11,13,15H,3-5,12,14,22H2,1-2H3,(H,24,25)/b23-15-. The molecular formula is C21H27N3O3. The summed E-state index contributed by atoms with van der Waals surface area (Å²) in [6.07, 6.45) is 3.89. The maximum atomic E-state index is 12.0. The zero-order chi connectivity index (χ0) is 19.5. The lowest BCUT2D eigenvalue weighted by Gasteiger charge is -2.12. The van der Waals surface area contributed by atoms with E-state index in [0.717, 1.165) is 29.7 Å². The molecule has 27 heavy (non-hydrogen) atoms. The highest BCUT2D eigenvalue weighted by Gasteiger charge is 2.06. The third-order valence-corrected chi connectivity index (χ3v) is 3.77. The lowest BCUT2D eigenvalue weighted by molar-refractivity contribution is -0.120. The number of unbranched alkanes of at least 4 members (excludes halogenated alkanes) is 1. The highest BCUT2D eigenvalue weighted by molar-refractivity contribution is 5.84. The predicted molar refractivity (Wildman–Crippen MR) is 108 cm³/mol. The van der Waals surface area contributed by atoms with Crippen molar-refractivity contribution < 1.29 is 14.3 Å². The van der Waals surface area contributed by atoms with E-state index in [0.29, 0.717) is 24.7 Å². The number of rotatable bonds is 10. The van der Waals surface area contributed by atoms with Gasteiger partial charge in [-0.05, 0) is 54.8 Å². The quantitative estimate of drug-likeness (QED) is 0.290. The molecule has 0 fully saturated rings. The maximum Gasteiger partial charge on any atom is 0.244 e. The van der Waals surface area contributed by atoms with Crippen LogP contribution in [0.2, 0.25) is 0 Å². The van der Waals surface area contributed by atoms with Crippen molar-refractivity contribution in [3.05, 3.63) is 53.6 Å². The van der Waals surface area contributed by atoms with Crippen molar-refractivity contribution in [2.75, 3.05) is 18.9 Å². The molecule has 0 heterocycles. The van der Waals surface area contributed by atoms with Gasteiger partial charge in [0.05, 0.1) is 25.8 Å². The molecule has 2 aromatic carbocycles. The number of nitrogens with one attached hydrogen (secondary N) is 1. The van der Waals surface area contributed by atoms with E-state index in [1.165, 1.54) is 0 Å². The van der Waals surface area contributed by atoms with Crippen LogP contribution in [0.5, 0.6) is 11.5 Å². The summed E-state index contributed by atoms with van der Waals surface area (Å²) < 4.78 is 11.4. The minimum Gasteiger partial charge on any atom is -0.490 e. The van der Waals surface area contributed by atoms with E-state index in [4.69, 9.17) is 15.2 Å². The number of hydrogen-bond donors (Lipinski definition) is 2. The van der Waals surface area contributed by atoms with Crippen LogP contribution >= 0.6 is 0 Å². The van der Waals surface area contributed by atoms with Crippen LogP contribution in [0.25, 0.3) is 0 Å². The average molecular weight is 369 g/mol. The molecule has 6 heteroatoms. The first kappa shape index (κ1) is 20.3. The molecular weight excluding hydrogens is 342 g/mol. The van der Waals surface area contributed by atoms with Gasteiger partial charge in [-0.2, -0.15) is 5.10 Å². The van der Waals surface area contributed by atoms with Crippen LogP contribution in [-0.2, 0) is 11.2 Å². The SMILES string of the molecule is CCCCOc1ccc(/C=N\NC(=O)Cc2ccc(N)cc2)cc1OCC. The molecule has 0 bridgehead atoms. The van der Waals surface area contributed by atoms with E-state index in [1.54, 1.807) is 18.3 Å². The minimum absolute atomic E-state index is 0.194. The number of nitrogens with zero attached hydrogens (tertiary/aromatic N) is 1. The summed E-state index contributed by atoms with van der Waals surface area (Å²) in [7, 11) is 0. The van der Waals surface area contributed by atoms with Gasteiger partial charge in [-0.15, -0.1) is 0 Å². The van der Waals surface area contributed by atoms with E-state index >= 15 is 0 Å². The molecule has 6 nitrogen and oxygen atoms in total. The Morgan fingerprint density at radius 2 is 1.89 bits per heavy atom. The molecule has 3 N–H and O–H groups in total. The largest absolute Gasteiger partial charge is 0.490 e. The zero-order valence-corrected chi connectivity index (χ0v) is 15.9. The summed E-state index contributed by atoms with van der Waals surface area (Å²) in [5.74, 6) is 1.20. The number of anilines is 1. The molecule has 2 rings (SSSR count). The van der Waals surface area contributed by atoms with Gasteiger partial charge >= 0.3 is 0 Å². The van der Waals surface area contributed by atoms with Gasteiger partial charge in [0, 0.05) is 5.69 Å². The highest BCUT2D eigenvalue weighted by atomic mass is 16.5. The van der Waals surface area contributed by atoms with Crippen LogP contribution in [0.3, 0.4) is 0 Å². The molecule has 2 aromatic rings. The van der Waals surface area contributed by atoms with Gasteiger partial charge in [-0.25, -0.2) is 5.43 Å². The molecule has 0 radical (unpaired) electrons. The van der Waals surface area contributed by atoms with Gasteiger partial charge in [-0.3, -0.25) is 4.79 Å². The number of ether oxygens (including phenoxy) is 2. The zero-order valence-electron chi connectivity index (χ0n) is 15.9. The Balaban J connectivity index is 1.93. The summed E-state index contributed by atoms with van der Waals surface area (Å²) in [6, 6.07) is 12.8. The third-order valence-electron chi connectivity index (χ3n) is 3.77. The number of amides is 1. The topological polar surface area (TPSA) is 85.9 Å². The number of carbonyl (C=O) groups excluding carboxylic acids is 1. The van der Waals surface area contributed by atoms with Crippen molar-refractivity contribution in [1.82, 2.24) is 5.43 Å². The van der Waals surface area contributed by atoms with Crippen LogP contribution in [0, 0.1) is 0 Å². The second-order valence-corrected chi connectivity index (χ2v) is 6.05. The van der Waals surface area contributed by atoms with Gasteiger partial charge in [0.25, 0.3) is 0 Å². The Kier molecular flexibility index (Phi) is 8.16. The van der Waals surface area contributed by atoms with Crippen molar-refractivity contribution in [3.63, 3.8) is 0 Å². The van der Waals surface area contributed by atoms with Crippen LogP contribution < -0.4 is 20.6 Å². The van der Waals surface area contributed by atoms with Gasteiger partial charge in [-0.1, -0.05) is 25.5 Å². The summed E-state index contributed by atoms with van der Waals surface area (Å²) in [4.78, 5) is 12.0. The first-order chi connectivity index (χ1) is 13.1. The first-order valence-corrected chi connectivity index (χ1v) is 9.18. The summed E-state index contributed by atoms with van der Waals surface area (Å²) >= 11 is 0. The van der Waals surface area contributed by atoms with Crippen LogP contribution in [0.1, 0.15) is 37.8 Å². The van der Waals surface area contributed by atoms with Gasteiger partial charge in [0.15, 0.2) is 11.5 Å². The van der Waals surface area contributed by atoms with Crippen molar-refractivity contribution in [1.29, 1.82) is 0 Å². The van der Waals surface area contributed by atoms with Crippen molar-refractivity contribution in [3.8, 4) is 11.5 Å². The lowest BCUT2D eigenvalue weighted by Crippen LogP contribution is -2.19. The highest BCUT2D eigenvalue weighted by Crippen LogP contribution is 2.28. The second-order valence-electron chi connectivity index (χ2n) is 6.05. The Morgan fingerprint density at radius 3 is 2.59 bits per heavy atom. The monoisotopic (exact) mass is 369 g/mol. The molecule has 0 aromatic heterocycles. The predicted octanol–water partition coefficient (Wildman–Crippen LogP) is 3.54. The molecule has 0 spiro atoms. The molecule has 0 atom stereocenters. The first-order valence-electron chi connectivity index (χ1n) is 9.18. The molecule has 0 saturated heterocycles. The minimum atomic E-state index is -0.194. The molecule has 144 valence electrons. The molecule has 0 unspecified atom stereocenters. The fraction of sp³-hybridized carbons (Fsp3) is 0.333. The fourth-order valence-corrected chi connectivity index (χ4v) is 2.36. The van der Waals surface area contributed by atoms with Crippen LogP contribution in [-0.4, -0.2) is 25.3 Å². The Hall–Kier alpha value is -3.02. The summed E-state index contributed by atoms with van der Waals surface area (Å²) in [5, 5.41) is 4.02. The van der Waals surface area contributed by atoms with Gasteiger partial charge in [0.2, 0.25) is 5.91 Å². The van der Waals surface area contributed by atoms with Gasteiger partial charge < -0.3 is 15.2 Å². The Morgan fingerprint density at radius 1 is 1.11 bits per heavy atom. The molecule has 1 amide bonds. The smallest absolute Gasteiger partial charge is 0.244 e. The number of hydrazone groups is 1. The molecule has 0 aliphatic heterocycles. The van der Waals surface area contributed by atoms with Crippen molar-refractivity contribution in [2.24, 2.45) is 5.10 Å².